The molecule has 0 saturated heterocycles. The maximum Gasteiger partial charge on any atom is 0.269 e. The number of amides is 2. The van der Waals surface area contributed by atoms with E-state index in [1.165, 1.54) is 0 Å². The second kappa shape index (κ2) is 8.44. The Labute approximate surface area is 155 Å². The van der Waals surface area contributed by atoms with E-state index in [1.807, 2.05) is 24.3 Å². The molecule has 2 N–H and O–H groups in total. The molecule has 6 nitrogen and oxygen atoms in total. The number of aromatic nitrogens is 1. The first-order chi connectivity index (χ1) is 12.7. The fraction of sp³-hybridized carbons (Fsp3) is 0.211. The number of para-hydroxylation sites is 1. The van der Waals surface area contributed by atoms with Crippen LogP contribution in [0.5, 0.6) is 5.75 Å². The zero-order valence-electron chi connectivity index (χ0n) is 14.3. The van der Waals surface area contributed by atoms with Crippen molar-refractivity contribution in [3.05, 3.63) is 59.1 Å². The largest absolute Gasteiger partial charge is 0.497 e. The van der Waals surface area contributed by atoms with Crippen LogP contribution in [0, 0.1) is 0 Å². The molecule has 1 heterocycles. The first-order valence-electron chi connectivity index (χ1n) is 8.23. The third-order valence-electron chi connectivity index (χ3n) is 3.80. The van der Waals surface area contributed by atoms with E-state index in [0.29, 0.717) is 24.2 Å². The van der Waals surface area contributed by atoms with Crippen LogP contribution in [0.25, 0.3) is 10.2 Å². The minimum atomic E-state index is -0.368. The molecule has 3 rings (SSSR count). The van der Waals surface area contributed by atoms with E-state index in [0.717, 1.165) is 21.6 Å². The van der Waals surface area contributed by atoms with Crippen LogP contribution in [0.15, 0.2) is 48.5 Å². The molecule has 1 aromatic heterocycles. The Kier molecular flexibility index (Phi) is 5.80. The van der Waals surface area contributed by atoms with Gasteiger partial charge < -0.3 is 4.74 Å². The normalized spacial score (nSPS) is 10.5. The van der Waals surface area contributed by atoms with Gasteiger partial charge in [-0.2, -0.15) is 0 Å². The maximum absolute atomic E-state index is 12.0. The van der Waals surface area contributed by atoms with Gasteiger partial charge in [0.15, 0.2) is 0 Å². The van der Waals surface area contributed by atoms with Crippen molar-refractivity contribution in [3.63, 3.8) is 0 Å². The Balaban J connectivity index is 1.41. The second-order valence-corrected chi connectivity index (χ2v) is 6.77. The number of benzene rings is 2. The number of thiazole rings is 1. The lowest BCUT2D eigenvalue weighted by Crippen LogP contribution is -2.41. The highest BCUT2D eigenvalue weighted by Crippen LogP contribution is 2.22. The molecule has 0 unspecified atom stereocenters. The maximum atomic E-state index is 12.0. The lowest BCUT2D eigenvalue weighted by atomic mass is 10.2. The summed E-state index contributed by atoms with van der Waals surface area (Å²) < 4.78 is 6.19. The molecule has 0 spiro atoms. The van der Waals surface area contributed by atoms with E-state index in [2.05, 4.69) is 15.8 Å². The van der Waals surface area contributed by atoms with Crippen molar-refractivity contribution in [2.75, 3.05) is 7.11 Å². The van der Waals surface area contributed by atoms with E-state index < -0.39 is 0 Å². The molecule has 0 bridgehead atoms. The minimum Gasteiger partial charge on any atom is -0.497 e. The predicted octanol–water partition coefficient (Wildman–Crippen LogP) is 3.09. The molecule has 2 amide bonds. The van der Waals surface area contributed by atoms with E-state index in [9.17, 15) is 9.59 Å². The van der Waals surface area contributed by atoms with Crippen LogP contribution in [0.1, 0.15) is 28.2 Å². The lowest BCUT2D eigenvalue weighted by molar-refractivity contribution is -0.121. The lowest BCUT2D eigenvalue weighted by Gasteiger charge is -2.07. The number of rotatable bonds is 6. The summed E-state index contributed by atoms with van der Waals surface area (Å²) in [6, 6.07) is 14.6. The number of ether oxygens (including phenoxy) is 1. The van der Waals surface area contributed by atoms with Gasteiger partial charge in [-0.25, -0.2) is 4.98 Å². The molecule has 134 valence electrons. The SMILES string of the molecule is COc1ccc(C(=O)NNC(=O)CCCc2nc3ccccc3s2)cc1. The number of hydrogen-bond acceptors (Lipinski definition) is 5. The van der Waals surface area contributed by atoms with Crippen molar-refractivity contribution in [1.82, 2.24) is 15.8 Å². The highest BCUT2D eigenvalue weighted by molar-refractivity contribution is 7.18. The Hall–Kier alpha value is -2.93. The number of hydrogen-bond donors (Lipinski definition) is 2. The molecule has 2 aromatic carbocycles. The number of carbonyl (C=O) groups is 2. The number of methoxy groups -OCH3 is 1. The smallest absolute Gasteiger partial charge is 0.269 e. The fourth-order valence-electron chi connectivity index (χ4n) is 2.43. The molecule has 7 heteroatoms. The van der Waals surface area contributed by atoms with Gasteiger partial charge in [-0.05, 0) is 49.2 Å². The van der Waals surface area contributed by atoms with E-state index >= 15 is 0 Å². The summed E-state index contributed by atoms with van der Waals surface area (Å²) in [5.41, 5.74) is 6.28. The molecule has 3 aromatic rings. The Bertz CT molecular complexity index is 873. The van der Waals surface area contributed by atoms with Crippen molar-refractivity contribution < 1.29 is 14.3 Å². The zero-order valence-corrected chi connectivity index (χ0v) is 15.1. The van der Waals surface area contributed by atoms with E-state index in [4.69, 9.17) is 4.74 Å². The molecule has 0 atom stereocenters. The van der Waals surface area contributed by atoms with E-state index in [1.54, 1.807) is 42.7 Å². The summed E-state index contributed by atoms with van der Waals surface area (Å²) in [5, 5.41) is 1.02. The Morgan fingerprint density at radius 2 is 1.85 bits per heavy atom. The molecular weight excluding hydrogens is 350 g/mol. The van der Waals surface area contributed by atoms with Crippen molar-refractivity contribution in [2.24, 2.45) is 0 Å². The number of nitrogens with one attached hydrogen (secondary N) is 2. The van der Waals surface area contributed by atoms with Gasteiger partial charge in [0.1, 0.15) is 5.75 Å². The van der Waals surface area contributed by atoms with Gasteiger partial charge in [-0.15, -0.1) is 11.3 Å². The molecule has 0 aliphatic rings. The van der Waals surface area contributed by atoms with Gasteiger partial charge in [0, 0.05) is 12.0 Å². The topological polar surface area (TPSA) is 80.3 Å². The standard InChI is InChI=1S/C19H19N3O3S/c1-25-14-11-9-13(10-12-14)19(24)22-21-17(23)7-4-8-18-20-15-5-2-3-6-16(15)26-18/h2-3,5-6,9-12H,4,7-8H2,1H3,(H,21,23)(H,22,24). The van der Waals surface area contributed by atoms with Gasteiger partial charge in [0.05, 0.1) is 22.3 Å². The van der Waals surface area contributed by atoms with Gasteiger partial charge in [0.2, 0.25) is 5.91 Å². The predicted molar refractivity (Wildman–Crippen MR) is 101 cm³/mol. The monoisotopic (exact) mass is 369 g/mol. The molecule has 0 aliphatic carbocycles. The van der Waals surface area contributed by atoms with Gasteiger partial charge in [0.25, 0.3) is 5.91 Å². The molecular formula is C19H19N3O3S. The minimum absolute atomic E-state index is 0.229. The molecule has 0 saturated carbocycles. The Morgan fingerprint density at radius 3 is 2.58 bits per heavy atom. The van der Waals surface area contributed by atoms with Crippen LogP contribution in [0.4, 0.5) is 0 Å². The third-order valence-corrected chi connectivity index (χ3v) is 4.90. The van der Waals surface area contributed by atoms with Crippen LogP contribution in [-0.4, -0.2) is 23.9 Å². The number of hydrazine groups is 1. The van der Waals surface area contributed by atoms with Crippen molar-refractivity contribution in [1.29, 1.82) is 0 Å². The number of fused-ring (bicyclic) bond motifs is 1. The quantitative estimate of drug-likeness (QED) is 0.655. The van der Waals surface area contributed by atoms with E-state index in [-0.39, 0.29) is 11.8 Å². The third kappa shape index (κ3) is 4.58. The summed E-state index contributed by atoms with van der Waals surface area (Å²) in [6.07, 6.45) is 1.72. The van der Waals surface area contributed by atoms with Crippen LogP contribution >= 0.6 is 11.3 Å². The average molecular weight is 369 g/mol. The fourth-order valence-corrected chi connectivity index (χ4v) is 3.44. The number of aryl methyl sites for hydroxylation is 1. The van der Waals surface area contributed by atoms with Gasteiger partial charge >= 0.3 is 0 Å². The number of carbonyl (C=O) groups excluding carboxylic acids is 2. The van der Waals surface area contributed by atoms with Crippen LogP contribution in [0.2, 0.25) is 0 Å². The first kappa shape index (κ1) is 17.9. The average Bonchev–Trinajstić information content (AvgIpc) is 3.09. The highest BCUT2D eigenvalue weighted by Gasteiger charge is 2.08. The molecule has 0 radical (unpaired) electrons. The summed E-state index contributed by atoms with van der Waals surface area (Å²) in [4.78, 5) is 28.4. The Morgan fingerprint density at radius 1 is 1.08 bits per heavy atom. The van der Waals surface area contributed by atoms with Crippen molar-refractivity contribution in [2.45, 2.75) is 19.3 Å². The van der Waals surface area contributed by atoms with Gasteiger partial charge in [-0.3, -0.25) is 20.4 Å². The first-order valence-corrected chi connectivity index (χ1v) is 9.05. The van der Waals surface area contributed by atoms with Crippen LogP contribution in [0.3, 0.4) is 0 Å². The molecule has 0 aliphatic heterocycles. The summed E-state index contributed by atoms with van der Waals surface area (Å²) in [5.74, 6) is 0.0700. The van der Waals surface area contributed by atoms with Crippen LogP contribution < -0.4 is 15.6 Å². The molecule has 26 heavy (non-hydrogen) atoms. The summed E-state index contributed by atoms with van der Waals surface area (Å²) >= 11 is 1.64. The van der Waals surface area contributed by atoms with Crippen molar-refractivity contribution >= 4 is 33.4 Å². The highest BCUT2D eigenvalue weighted by atomic mass is 32.1. The number of nitrogens with zero attached hydrogens (tertiary/aromatic N) is 1. The second-order valence-electron chi connectivity index (χ2n) is 5.66. The summed E-state index contributed by atoms with van der Waals surface area (Å²) in [6.45, 7) is 0. The summed E-state index contributed by atoms with van der Waals surface area (Å²) in [7, 11) is 1.56. The molecule has 0 fully saturated rings. The zero-order chi connectivity index (χ0) is 18.4. The van der Waals surface area contributed by atoms with Gasteiger partial charge in [-0.1, -0.05) is 12.1 Å². The van der Waals surface area contributed by atoms with Crippen molar-refractivity contribution in [3.8, 4) is 5.75 Å². The van der Waals surface area contributed by atoms with Crippen LogP contribution in [-0.2, 0) is 11.2 Å².